The van der Waals surface area contributed by atoms with Gasteiger partial charge >= 0.3 is 0 Å². The summed E-state index contributed by atoms with van der Waals surface area (Å²) in [6.07, 6.45) is 7.39. The van der Waals surface area contributed by atoms with Crippen molar-refractivity contribution < 1.29 is 9.50 Å². The summed E-state index contributed by atoms with van der Waals surface area (Å²) in [6, 6.07) is 5.35. The van der Waals surface area contributed by atoms with Crippen molar-refractivity contribution in [1.29, 1.82) is 0 Å². The molecule has 190 valence electrons. The number of hydrogen-bond acceptors (Lipinski definition) is 8. The highest BCUT2D eigenvalue weighted by Gasteiger charge is 2.24. The van der Waals surface area contributed by atoms with E-state index in [1.54, 1.807) is 18.3 Å². The zero-order valence-corrected chi connectivity index (χ0v) is 20.5. The van der Waals surface area contributed by atoms with Crippen molar-refractivity contribution in [3.8, 4) is 0 Å². The van der Waals surface area contributed by atoms with Crippen molar-refractivity contribution in [2.45, 2.75) is 18.9 Å². The van der Waals surface area contributed by atoms with Gasteiger partial charge in [0.05, 0.1) is 30.9 Å². The first-order valence-corrected chi connectivity index (χ1v) is 12.5. The Bertz CT molecular complexity index is 1240. The van der Waals surface area contributed by atoms with Crippen LogP contribution in [0.25, 0.3) is 11.2 Å². The zero-order valence-electron chi connectivity index (χ0n) is 20.5. The van der Waals surface area contributed by atoms with Crippen LogP contribution >= 0.6 is 0 Å². The van der Waals surface area contributed by atoms with Crippen molar-refractivity contribution in [1.82, 2.24) is 29.3 Å². The van der Waals surface area contributed by atoms with Crippen LogP contribution in [-0.4, -0.2) is 86.8 Å². The van der Waals surface area contributed by atoms with Crippen molar-refractivity contribution in [3.63, 3.8) is 0 Å². The van der Waals surface area contributed by atoms with E-state index in [0.29, 0.717) is 23.9 Å². The van der Waals surface area contributed by atoms with Crippen molar-refractivity contribution in [3.05, 3.63) is 61.5 Å². The van der Waals surface area contributed by atoms with Gasteiger partial charge in [0.2, 0.25) is 5.95 Å². The molecule has 36 heavy (non-hydrogen) atoms. The van der Waals surface area contributed by atoms with Gasteiger partial charge in [-0.2, -0.15) is 4.98 Å². The number of aromatic nitrogens is 4. The largest absolute Gasteiger partial charge is 0.395 e. The lowest BCUT2D eigenvalue weighted by Crippen LogP contribution is -2.47. The summed E-state index contributed by atoms with van der Waals surface area (Å²) in [6.45, 7) is 13.6. The Hall–Kier alpha value is -3.50. The van der Waals surface area contributed by atoms with Crippen LogP contribution in [0.3, 0.4) is 0 Å². The van der Waals surface area contributed by atoms with E-state index in [4.69, 9.17) is 10.1 Å². The number of hydrogen-bond donors (Lipinski definition) is 2. The standard InChI is InChI=1S/C26H33FN8O/c1-3-19(2)34-8-4-5-21(17-34)35-18-29-23-16-28-26(31-25(23)35)30-20-6-7-24(22(27)15-20)33-11-9-32(10-12-33)13-14-36/h3,6-7,15-16,18,21,36H,1-2,4-5,8-14,17H2,(H,28,30,31). The SMILES string of the molecule is C=CC(=C)N1CCCC(n2cnc3cnc(Nc4ccc(N5CCN(CCO)CC5)c(F)c4)nc32)C1. The molecule has 1 atom stereocenters. The lowest BCUT2D eigenvalue weighted by atomic mass is 10.0. The summed E-state index contributed by atoms with van der Waals surface area (Å²) in [5.74, 6) is 0.114. The fourth-order valence-corrected chi connectivity index (χ4v) is 5.05. The van der Waals surface area contributed by atoms with E-state index in [0.717, 1.165) is 69.0 Å². The number of anilines is 3. The zero-order chi connectivity index (χ0) is 25.1. The Morgan fingerprint density at radius 1 is 1.19 bits per heavy atom. The number of nitrogens with one attached hydrogen (secondary N) is 1. The molecule has 1 aromatic carbocycles. The smallest absolute Gasteiger partial charge is 0.229 e. The van der Waals surface area contributed by atoms with Crippen LogP contribution in [0.15, 0.2) is 55.7 Å². The first-order valence-electron chi connectivity index (χ1n) is 12.5. The number of fused-ring (bicyclic) bond motifs is 1. The van der Waals surface area contributed by atoms with Gasteiger partial charge in [-0.1, -0.05) is 13.2 Å². The number of imidazole rings is 1. The van der Waals surface area contributed by atoms with Crippen LogP contribution in [0.4, 0.5) is 21.7 Å². The molecule has 2 saturated heterocycles. The number of aliphatic hydroxyl groups is 1. The molecule has 3 aromatic rings. The highest BCUT2D eigenvalue weighted by Crippen LogP contribution is 2.28. The number of piperazine rings is 1. The molecule has 2 aliphatic rings. The number of piperidine rings is 1. The lowest BCUT2D eigenvalue weighted by molar-refractivity contribution is 0.188. The number of β-amino-alcohol motifs (C(OH)–C–C–N with tert-alkyl or cyclic N) is 1. The third-order valence-corrected chi connectivity index (χ3v) is 7.08. The maximum absolute atomic E-state index is 15.0. The highest BCUT2D eigenvalue weighted by atomic mass is 19.1. The van der Waals surface area contributed by atoms with E-state index in [2.05, 4.69) is 42.8 Å². The molecule has 0 saturated carbocycles. The first kappa shape index (κ1) is 24.2. The van der Waals surface area contributed by atoms with Crippen LogP contribution in [0.2, 0.25) is 0 Å². The number of allylic oxidation sites excluding steroid dienone is 1. The molecular weight excluding hydrogens is 459 g/mol. The second kappa shape index (κ2) is 10.6. The number of halogens is 1. The Kier molecular flexibility index (Phi) is 7.15. The molecule has 0 amide bonds. The van der Waals surface area contributed by atoms with Crippen LogP contribution in [0.5, 0.6) is 0 Å². The predicted octanol–water partition coefficient (Wildman–Crippen LogP) is 3.16. The number of likely N-dealkylation sites (tertiary alicyclic amines) is 1. The molecule has 9 nitrogen and oxygen atoms in total. The topological polar surface area (TPSA) is 85.6 Å². The van der Waals surface area contributed by atoms with E-state index in [-0.39, 0.29) is 18.5 Å². The molecule has 2 N–H and O–H groups in total. The van der Waals surface area contributed by atoms with Gasteiger partial charge in [0.1, 0.15) is 11.3 Å². The number of benzene rings is 1. The van der Waals surface area contributed by atoms with Crippen molar-refractivity contribution >= 4 is 28.5 Å². The van der Waals surface area contributed by atoms with E-state index < -0.39 is 0 Å². The highest BCUT2D eigenvalue weighted by molar-refractivity contribution is 5.72. The summed E-state index contributed by atoms with van der Waals surface area (Å²) in [7, 11) is 0. The van der Waals surface area contributed by atoms with Gasteiger partial charge in [0.15, 0.2) is 5.65 Å². The Morgan fingerprint density at radius 3 is 2.78 bits per heavy atom. The van der Waals surface area contributed by atoms with Crippen molar-refractivity contribution in [2.75, 3.05) is 62.6 Å². The quantitative estimate of drug-likeness (QED) is 0.464. The Balaban J connectivity index is 1.30. The number of nitrogens with zero attached hydrogens (tertiary/aromatic N) is 7. The second-order valence-corrected chi connectivity index (χ2v) is 9.34. The minimum absolute atomic E-state index is 0.146. The molecule has 2 aromatic heterocycles. The average molecular weight is 493 g/mol. The summed E-state index contributed by atoms with van der Waals surface area (Å²) in [5, 5.41) is 12.3. The first-order chi connectivity index (χ1) is 17.6. The lowest BCUT2D eigenvalue weighted by Gasteiger charge is -2.36. The van der Waals surface area contributed by atoms with Gasteiger partial charge in [-0.05, 0) is 37.1 Å². The summed E-state index contributed by atoms with van der Waals surface area (Å²) >= 11 is 0. The third-order valence-electron chi connectivity index (χ3n) is 7.08. The fraction of sp³-hybridized carbons (Fsp3) is 0.423. The van der Waals surface area contributed by atoms with Gasteiger partial charge in [-0.25, -0.2) is 14.4 Å². The van der Waals surface area contributed by atoms with Gasteiger partial charge < -0.3 is 24.8 Å². The maximum atomic E-state index is 15.0. The third kappa shape index (κ3) is 5.05. The van der Waals surface area contributed by atoms with Gasteiger partial charge in [-0.15, -0.1) is 0 Å². The Morgan fingerprint density at radius 2 is 2.03 bits per heavy atom. The van der Waals surface area contributed by atoms with Gasteiger partial charge in [0.25, 0.3) is 0 Å². The molecule has 2 aliphatic heterocycles. The fourth-order valence-electron chi connectivity index (χ4n) is 5.05. The summed E-state index contributed by atoms with van der Waals surface area (Å²) < 4.78 is 17.1. The predicted molar refractivity (Wildman–Crippen MR) is 140 cm³/mol. The van der Waals surface area contributed by atoms with Gasteiger partial charge in [-0.3, -0.25) is 4.90 Å². The average Bonchev–Trinajstić information content (AvgIpc) is 3.32. The van der Waals surface area contributed by atoms with E-state index in [1.807, 2.05) is 17.3 Å². The van der Waals surface area contributed by atoms with E-state index in [9.17, 15) is 0 Å². The minimum Gasteiger partial charge on any atom is -0.395 e. The monoisotopic (exact) mass is 492 g/mol. The Labute approximate surface area is 210 Å². The molecule has 1 unspecified atom stereocenters. The summed E-state index contributed by atoms with van der Waals surface area (Å²) in [5.41, 5.74) is 3.58. The van der Waals surface area contributed by atoms with Crippen LogP contribution in [0, 0.1) is 5.82 Å². The second-order valence-electron chi connectivity index (χ2n) is 9.34. The van der Waals surface area contributed by atoms with Gasteiger partial charge in [0, 0.05) is 57.2 Å². The summed E-state index contributed by atoms with van der Waals surface area (Å²) in [4.78, 5) is 20.1. The minimum atomic E-state index is -0.286. The molecule has 4 heterocycles. The molecule has 10 heteroatoms. The van der Waals surface area contributed by atoms with E-state index in [1.165, 1.54) is 6.07 Å². The molecule has 5 rings (SSSR count). The molecular formula is C26H33FN8O. The van der Waals surface area contributed by atoms with Crippen LogP contribution in [0.1, 0.15) is 18.9 Å². The molecule has 0 spiro atoms. The van der Waals surface area contributed by atoms with Crippen LogP contribution in [-0.2, 0) is 0 Å². The van der Waals surface area contributed by atoms with E-state index >= 15 is 4.39 Å². The number of rotatable bonds is 8. The molecule has 0 radical (unpaired) electrons. The molecule has 2 fully saturated rings. The maximum Gasteiger partial charge on any atom is 0.229 e. The normalized spacial score (nSPS) is 19.0. The molecule has 0 bridgehead atoms. The molecule has 0 aliphatic carbocycles. The number of aliphatic hydroxyl groups excluding tert-OH is 1. The van der Waals surface area contributed by atoms with Crippen molar-refractivity contribution in [2.24, 2.45) is 0 Å². The van der Waals surface area contributed by atoms with Crippen LogP contribution < -0.4 is 10.2 Å².